The molecule has 8 heteroatoms. The van der Waals surface area contributed by atoms with Crippen LogP contribution in [0.1, 0.15) is 22.3 Å². The predicted octanol–water partition coefficient (Wildman–Crippen LogP) is 9.46. The molecule has 0 bridgehead atoms. The lowest BCUT2D eigenvalue weighted by atomic mass is 9.92. The number of sulfonamides is 1. The lowest BCUT2D eigenvalue weighted by Crippen LogP contribution is -2.33. The molecule has 0 saturated carbocycles. The number of aryl methyl sites for hydroxylation is 1. The van der Waals surface area contributed by atoms with Gasteiger partial charge in [0, 0.05) is 22.5 Å². The molecule has 0 radical (unpaired) electrons. The number of hydrogen-bond donors (Lipinski definition) is 0. The summed E-state index contributed by atoms with van der Waals surface area (Å²) in [4.78, 5) is 17.9. The number of thioether (sulfide) groups is 1. The summed E-state index contributed by atoms with van der Waals surface area (Å²) >= 11 is 7.97. The molecular formula is C39H29ClN2O3S2. The number of fused-ring (bicyclic) bond motifs is 2. The molecule has 0 aromatic heterocycles. The van der Waals surface area contributed by atoms with Gasteiger partial charge in [0.2, 0.25) is 0 Å². The van der Waals surface area contributed by atoms with Gasteiger partial charge in [0.25, 0.3) is 15.9 Å². The molecule has 0 fully saturated rings. The Hall–Kier alpha value is -4.82. The Labute approximate surface area is 284 Å². The van der Waals surface area contributed by atoms with Gasteiger partial charge in [-0.05, 0) is 83.8 Å². The SMILES string of the molecule is Cc1ccc(S(=O)(=O)N2C(=O)/C(=C(/C=C(\C=C3/Sc4ccccc4N3C)c3ccc(Cl)cc3)c3ccccc3)c3ccccc32)cc1. The molecule has 5 aromatic carbocycles. The molecule has 2 aliphatic heterocycles. The zero-order valence-electron chi connectivity index (χ0n) is 25.6. The third-order valence-electron chi connectivity index (χ3n) is 8.23. The van der Waals surface area contributed by atoms with Crippen molar-refractivity contribution < 1.29 is 13.2 Å². The van der Waals surface area contributed by atoms with Crippen LogP contribution >= 0.6 is 23.4 Å². The number of carbonyl (C=O) groups is 1. The summed E-state index contributed by atoms with van der Waals surface area (Å²) in [7, 11) is -2.18. The highest BCUT2D eigenvalue weighted by Crippen LogP contribution is 2.47. The largest absolute Gasteiger partial charge is 0.338 e. The number of amides is 1. The van der Waals surface area contributed by atoms with E-state index < -0.39 is 15.9 Å². The normalized spacial score (nSPS) is 16.4. The molecule has 0 N–H and O–H groups in total. The maximum Gasteiger partial charge on any atom is 0.273 e. The maximum atomic E-state index is 14.6. The Balaban J connectivity index is 1.47. The van der Waals surface area contributed by atoms with Gasteiger partial charge in [-0.15, -0.1) is 0 Å². The van der Waals surface area contributed by atoms with E-state index in [2.05, 4.69) is 23.1 Å². The minimum absolute atomic E-state index is 0.0526. The van der Waals surface area contributed by atoms with E-state index in [1.54, 1.807) is 48.2 Å². The van der Waals surface area contributed by atoms with Crippen LogP contribution in [-0.4, -0.2) is 21.4 Å². The topological polar surface area (TPSA) is 57.7 Å². The summed E-state index contributed by atoms with van der Waals surface area (Å²) in [6.45, 7) is 1.89. The van der Waals surface area contributed by atoms with Crippen LogP contribution in [0.2, 0.25) is 5.02 Å². The number of hydrogen-bond acceptors (Lipinski definition) is 5. The average Bonchev–Trinajstić information content (AvgIpc) is 3.56. The van der Waals surface area contributed by atoms with Crippen molar-refractivity contribution >= 4 is 67.4 Å². The summed E-state index contributed by atoms with van der Waals surface area (Å²) in [5.41, 5.74) is 6.32. The van der Waals surface area contributed by atoms with E-state index in [0.717, 1.165) is 42.2 Å². The molecule has 7 rings (SSSR count). The van der Waals surface area contributed by atoms with E-state index in [9.17, 15) is 13.2 Å². The van der Waals surface area contributed by atoms with Crippen molar-refractivity contribution in [1.29, 1.82) is 0 Å². The number of anilines is 2. The Morgan fingerprint density at radius 1 is 0.745 bits per heavy atom. The molecule has 2 aliphatic rings. The lowest BCUT2D eigenvalue weighted by Gasteiger charge is -2.18. The van der Waals surface area contributed by atoms with Gasteiger partial charge >= 0.3 is 0 Å². The smallest absolute Gasteiger partial charge is 0.273 e. The molecule has 0 atom stereocenters. The Morgan fingerprint density at radius 2 is 1.38 bits per heavy atom. The van der Waals surface area contributed by atoms with Crippen molar-refractivity contribution in [3.63, 3.8) is 0 Å². The van der Waals surface area contributed by atoms with Gasteiger partial charge in [-0.1, -0.05) is 114 Å². The number of rotatable bonds is 6. The van der Waals surface area contributed by atoms with Crippen LogP contribution in [0, 0.1) is 6.92 Å². The van der Waals surface area contributed by atoms with E-state index in [1.165, 1.54) is 0 Å². The van der Waals surface area contributed by atoms with Crippen molar-refractivity contribution in [1.82, 2.24) is 0 Å². The molecule has 232 valence electrons. The summed E-state index contributed by atoms with van der Waals surface area (Å²) in [6, 6.07) is 39.0. The fourth-order valence-electron chi connectivity index (χ4n) is 5.81. The van der Waals surface area contributed by atoms with Gasteiger partial charge in [0.1, 0.15) is 0 Å². The van der Waals surface area contributed by atoms with Crippen LogP contribution in [0.3, 0.4) is 0 Å². The van der Waals surface area contributed by atoms with Crippen molar-refractivity contribution in [2.24, 2.45) is 0 Å². The first-order valence-electron chi connectivity index (χ1n) is 15.0. The van der Waals surface area contributed by atoms with Gasteiger partial charge in [-0.3, -0.25) is 4.79 Å². The zero-order chi connectivity index (χ0) is 32.7. The zero-order valence-corrected chi connectivity index (χ0v) is 28.0. The number of halogens is 1. The Bertz CT molecular complexity index is 2220. The first-order valence-corrected chi connectivity index (χ1v) is 17.6. The predicted molar refractivity (Wildman–Crippen MR) is 194 cm³/mol. The van der Waals surface area contributed by atoms with Crippen LogP contribution in [0.4, 0.5) is 11.4 Å². The van der Waals surface area contributed by atoms with E-state index in [0.29, 0.717) is 27.4 Å². The van der Waals surface area contributed by atoms with Gasteiger partial charge in [-0.25, -0.2) is 8.42 Å². The van der Waals surface area contributed by atoms with Crippen LogP contribution < -0.4 is 9.21 Å². The van der Waals surface area contributed by atoms with E-state index in [1.807, 2.05) is 98.9 Å². The van der Waals surface area contributed by atoms with Gasteiger partial charge in [-0.2, -0.15) is 4.31 Å². The lowest BCUT2D eigenvalue weighted by molar-refractivity contribution is -0.111. The second kappa shape index (κ2) is 12.4. The molecule has 2 heterocycles. The average molecular weight is 673 g/mol. The van der Waals surface area contributed by atoms with Crippen molar-refractivity contribution in [3.8, 4) is 0 Å². The van der Waals surface area contributed by atoms with Crippen LogP contribution in [0.25, 0.3) is 16.7 Å². The molecule has 5 nitrogen and oxygen atoms in total. The molecule has 5 aromatic rings. The first kappa shape index (κ1) is 30.8. The monoisotopic (exact) mass is 672 g/mol. The molecular weight excluding hydrogens is 644 g/mol. The molecule has 1 amide bonds. The highest BCUT2D eigenvalue weighted by Gasteiger charge is 2.42. The summed E-state index contributed by atoms with van der Waals surface area (Å²) in [5.74, 6) is -0.607. The third-order valence-corrected chi connectivity index (χ3v) is 11.4. The van der Waals surface area contributed by atoms with E-state index in [4.69, 9.17) is 11.6 Å². The second-order valence-corrected chi connectivity index (χ2v) is 14.6. The number of nitrogens with zero attached hydrogens (tertiary/aromatic N) is 2. The Kier molecular flexibility index (Phi) is 8.14. The Morgan fingerprint density at radius 3 is 2.09 bits per heavy atom. The summed E-state index contributed by atoms with van der Waals surface area (Å²) in [6.07, 6.45) is 4.08. The number of allylic oxidation sites excluding steroid dienone is 4. The standard InChI is InChI=1S/C39H29ClN2O3S2/c1-26-16-22-31(23-17-26)47(44,45)42-34-13-7-6-12-32(34)38(39(42)43)33(28-10-4-3-5-11-28)24-29(27-18-20-30(40)21-19-27)25-37-41(2)35-14-8-9-15-36(35)46-37/h3-25H,1-2H3/b29-24+,37-25-,38-33-. The van der Waals surface area contributed by atoms with Crippen LogP contribution in [0.5, 0.6) is 0 Å². The quantitative estimate of drug-likeness (QED) is 0.168. The van der Waals surface area contributed by atoms with E-state index >= 15 is 0 Å². The number of carbonyl (C=O) groups excluding carboxylic acids is 1. The first-order chi connectivity index (χ1) is 22.7. The number of benzene rings is 5. The molecule has 47 heavy (non-hydrogen) atoms. The molecule has 0 saturated heterocycles. The van der Waals surface area contributed by atoms with Crippen LogP contribution in [0.15, 0.2) is 154 Å². The third kappa shape index (κ3) is 5.71. The van der Waals surface area contributed by atoms with Gasteiger partial charge in [0.15, 0.2) is 0 Å². The van der Waals surface area contributed by atoms with Crippen molar-refractivity contribution in [2.45, 2.75) is 16.7 Å². The van der Waals surface area contributed by atoms with Crippen LogP contribution in [-0.2, 0) is 14.8 Å². The number of para-hydroxylation sites is 2. The minimum atomic E-state index is -4.22. The highest BCUT2D eigenvalue weighted by atomic mass is 35.5. The second-order valence-electron chi connectivity index (χ2n) is 11.3. The van der Waals surface area contributed by atoms with E-state index in [-0.39, 0.29) is 4.90 Å². The fourth-order valence-corrected chi connectivity index (χ4v) is 8.45. The van der Waals surface area contributed by atoms with Gasteiger partial charge < -0.3 is 4.90 Å². The summed E-state index contributed by atoms with van der Waals surface area (Å²) < 4.78 is 29.2. The van der Waals surface area contributed by atoms with Crippen molar-refractivity contribution in [3.05, 3.63) is 172 Å². The highest BCUT2D eigenvalue weighted by molar-refractivity contribution is 8.03. The molecule has 0 aliphatic carbocycles. The molecule has 0 spiro atoms. The van der Waals surface area contributed by atoms with Gasteiger partial charge in [0.05, 0.1) is 26.9 Å². The maximum absolute atomic E-state index is 14.6. The minimum Gasteiger partial charge on any atom is -0.338 e. The molecule has 0 unspecified atom stereocenters. The summed E-state index contributed by atoms with van der Waals surface area (Å²) in [5, 5.41) is 1.62. The fraction of sp³-hybridized carbons (Fsp3) is 0.0513. The van der Waals surface area contributed by atoms with Crippen molar-refractivity contribution in [2.75, 3.05) is 16.3 Å².